The highest BCUT2D eigenvalue weighted by Crippen LogP contribution is 2.33. The summed E-state index contributed by atoms with van der Waals surface area (Å²) in [7, 11) is 0. The molecule has 4 aromatic rings. The summed E-state index contributed by atoms with van der Waals surface area (Å²) >= 11 is 0. The lowest BCUT2D eigenvalue weighted by atomic mass is 9.94. The number of nitrogens with zero attached hydrogens (tertiary/aromatic N) is 1. The third-order valence-corrected chi connectivity index (χ3v) is 4.07. The lowest BCUT2D eigenvalue weighted by Crippen LogP contribution is -2.00. The van der Waals surface area contributed by atoms with Gasteiger partial charge in [-0.1, -0.05) is 54.6 Å². The quantitative estimate of drug-likeness (QED) is 0.550. The summed E-state index contributed by atoms with van der Waals surface area (Å²) in [6, 6.07) is 25.0. The van der Waals surface area contributed by atoms with E-state index in [0.29, 0.717) is 6.54 Å². The molecule has 2 N–H and O–H groups in total. The molecule has 3 aromatic carbocycles. The predicted octanol–water partition coefficient (Wildman–Crippen LogP) is 4.51. The molecule has 0 atom stereocenters. The second-order valence-corrected chi connectivity index (χ2v) is 5.42. The van der Waals surface area contributed by atoms with Gasteiger partial charge < -0.3 is 5.73 Å². The van der Waals surface area contributed by atoms with E-state index in [2.05, 4.69) is 48.5 Å². The monoisotopic (exact) mass is 284 g/mol. The Morgan fingerprint density at radius 3 is 2.36 bits per heavy atom. The molecule has 2 heteroatoms. The molecule has 0 saturated heterocycles. The van der Waals surface area contributed by atoms with E-state index in [1.54, 1.807) is 0 Å². The molecular formula is C20H16N2. The first-order chi connectivity index (χ1) is 10.9. The number of pyridine rings is 1. The van der Waals surface area contributed by atoms with Crippen molar-refractivity contribution in [3.63, 3.8) is 0 Å². The van der Waals surface area contributed by atoms with Gasteiger partial charge in [0.15, 0.2) is 0 Å². The molecule has 1 aromatic heterocycles. The molecule has 4 rings (SSSR count). The lowest BCUT2D eigenvalue weighted by Gasteiger charge is -2.13. The van der Waals surface area contributed by atoms with Crippen molar-refractivity contribution in [1.29, 1.82) is 0 Å². The molecule has 0 aliphatic heterocycles. The van der Waals surface area contributed by atoms with Crippen LogP contribution in [-0.2, 0) is 6.54 Å². The molecule has 0 fully saturated rings. The van der Waals surface area contributed by atoms with Crippen molar-refractivity contribution >= 4 is 21.8 Å². The number of nitrogens with two attached hydrogens (primary N) is 1. The molecular weight excluding hydrogens is 268 g/mol. The minimum Gasteiger partial charge on any atom is -0.326 e. The van der Waals surface area contributed by atoms with Crippen molar-refractivity contribution in [1.82, 2.24) is 4.98 Å². The van der Waals surface area contributed by atoms with Crippen LogP contribution in [-0.4, -0.2) is 4.98 Å². The highest BCUT2D eigenvalue weighted by molar-refractivity contribution is 6.02. The Balaban J connectivity index is 2.13. The van der Waals surface area contributed by atoms with E-state index in [4.69, 9.17) is 10.7 Å². The number of aromatic nitrogens is 1. The fraction of sp³-hybridized carbons (Fsp3) is 0.0500. The maximum absolute atomic E-state index is 5.97. The smallest absolute Gasteiger partial charge is 0.0716 e. The Bertz CT molecular complexity index is 959. The molecule has 0 saturated carbocycles. The van der Waals surface area contributed by atoms with Crippen LogP contribution in [0.25, 0.3) is 32.9 Å². The number of para-hydroxylation sites is 1. The predicted molar refractivity (Wildman–Crippen MR) is 92.6 cm³/mol. The van der Waals surface area contributed by atoms with Crippen LogP contribution in [0, 0.1) is 0 Å². The van der Waals surface area contributed by atoms with Gasteiger partial charge in [0.05, 0.1) is 11.0 Å². The van der Waals surface area contributed by atoms with Gasteiger partial charge in [-0.3, -0.25) is 0 Å². The number of rotatable bonds is 2. The summed E-state index contributed by atoms with van der Waals surface area (Å²) in [5.74, 6) is 0. The Morgan fingerprint density at radius 2 is 1.55 bits per heavy atom. The van der Waals surface area contributed by atoms with E-state index < -0.39 is 0 Å². The zero-order valence-electron chi connectivity index (χ0n) is 12.2. The molecule has 0 radical (unpaired) electrons. The van der Waals surface area contributed by atoms with Crippen LogP contribution in [0.5, 0.6) is 0 Å². The average molecular weight is 284 g/mol. The summed E-state index contributed by atoms with van der Waals surface area (Å²) in [5, 5.41) is 2.31. The molecule has 0 unspecified atom stereocenters. The Kier molecular flexibility index (Phi) is 3.10. The summed E-state index contributed by atoms with van der Waals surface area (Å²) < 4.78 is 0. The Hall–Kier alpha value is -2.71. The van der Waals surface area contributed by atoms with E-state index in [9.17, 15) is 0 Å². The van der Waals surface area contributed by atoms with E-state index >= 15 is 0 Å². The van der Waals surface area contributed by atoms with Crippen molar-refractivity contribution in [2.45, 2.75) is 6.54 Å². The first kappa shape index (κ1) is 13.0. The van der Waals surface area contributed by atoms with E-state index in [1.807, 2.05) is 24.3 Å². The Labute approximate surface area is 129 Å². The van der Waals surface area contributed by atoms with Gasteiger partial charge in [0, 0.05) is 17.3 Å². The highest BCUT2D eigenvalue weighted by atomic mass is 14.7. The number of fused-ring (bicyclic) bond motifs is 2. The van der Waals surface area contributed by atoms with Gasteiger partial charge >= 0.3 is 0 Å². The fourth-order valence-corrected chi connectivity index (χ4v) is 3.01. The zero-order chi connectivity index (χ0) is 14.9. The zero-order valence-corrected chi connectivity index (χ0v) is 12.2. The molecule has 0 aliphatic carbocycles. The van der Waals surface area contributed by atoms with Crippen LogP contribution in [0.1, 0.15) is 5.56 Å². The van der Waals surface area contributed by atoms with Crippen molar-refractivity contribution < 1.29 is 0 Å². The molecule has 0 aliphatic rings. The van der Waals surface area contributed by atoms with Gasteiger partial charge in [0.25, 0.3) is 0 Å². The van der Waals surface area contributed by atoms with Gasteiger partial charge in [-0.25, -0.2) is 4.98 Å². The Morgan fingerprint density at radius 1 is 0.773 bits per heavy atom. The van der Waals surface area contributed by atoms with Crippen molar-refractivity contribution in [2.75, 3.05) is 0 Å². The second kappa shape index (κ2) is 5.24. The summed E-state index contributed by atoms with van der Waals surface area (Å²) in [6.45, 7) is 0.521. The third-order valence-electron chi connectivity index (χ3n) is 4.07. The second-order valence-electron chi connectivity index (χ2n) is 5.42. The van der Waals surface area contributed by atoms with E-state index in [1.165, 1.54) is 11.1 Å². The maximum atomic E-state index is 5.97. The first-order valence-electron chi connectivity index (χ1n) is 7.44. The van der Waals surface area contributed by atoms with Crippen LogP contribution in [0.4, 0.5) is 0 Å². The molecule has 2 nitrogen and oxygen atoms in total. The molecule has 106 valence electrons. The molecule has 0 bridgehead atoms. The van der Waals surface area contributed by atoms with Gasteiger partial charge in [0.1, 0.15) is 0 Å². The average Bonchev–Trinajstić information content (AvgIpc) is 2.59. The standard InChI is InChI=1S/C20H16N2/c21-13-16-10-11-19-17(20(16)14-6-2-1-3-7-14)12-15-8-4-5-9-18(15)22-19/h1-12H,13,21H2. The van der Waals surface area contributed by atoms with Crippen molar-refractivity contribution in [3.8, 4) is 11.1 Å². The van der Waals surface area contributed by atoms with Crippen LogP contribution < -0.4 is 5.73 Å². The number of benzene rings is 3. The van der Waals surface area contributed by atoms with E-state index in [0.717, 1.165) is 27.4 Å². The summed E-state index contributed by atoms with van der Waals surface area (Å²) in [6.07, 6.45) is 0. The number of hydrogen-bond donors (Lipinski definition) is 1. The minimum atomic E-state index is 0.521. The normalized spacial score (nSPS) is 11.1. The van der Waals surface area contributed by atoms with E-state index in [-0.39, 0.29) is 0 Å². The van der Waals surface area contributed by atoms with Crippen LogP contribution in [0.3, 0.4) is 0 Å². The lowest BCUT2D eigenvalue weighted by molar-refractivity contribution is 1.08. The largest absolute Gasteiger partial charge is 0.326 e. The molecule has 1 heterocycles. The van der Waals surface area contributed by atoms with Gasteiger partial charge in [-0.15, -0.1) is 0 Å². The maximum Gasteiger partial charge on any atom is 0.0716 e. The number of hydrogen-bond acceptors (Lipinski definition) is 2. The minimum absolute atomic E-state index is 0.521. The fourth-order valence-electron chi connectivity index (χ4n) is 3.01. The molecule has 22 heavy (non-hydrogen) atoms. The summed E-state index contributed by atoms with van der Waals surface area (Å²) in [5.41, 5.74) is 11.5. The van der Waals surface area contributed by atoms with Crippen LogP contribution in [0.15, 0.2) is 72.8 Å². The SMILES string of the molecule is NCc1ccc2nc3ccccc3cc2c1-c1ccccc1. The molecule has 0 spiro atoms. The van der Waals surface area contributed by atoms with Crippen molar-refractivity contribution in [3.05, 3.63) is 78.4 Å². The third kappa shape index (κ3) is 2.05. The summed E-state index contributed by atoms with van der Waals surface area (Å²) in [4.78, 5) is 4.80. The first-order valence-corrected chi connectivity index (χ1v) is 7.44. The topological polar surface area (TPSA) is 38.9 Å². The van der Waals surface area contributed by atoms with Gasteiger partial charge in [-0.2, -0.15) is 0 Å². The highest BCUT2D eigenvalue weighted by Gasteiger charge is 2.10. The van der Waals surface area contributed by atoms with Crippen LogP contribution >= 0.6 is 0 Å². The van der Waals surface area contributed by atoms with Crippen LogP contribution in [0.2, 0.25) is 0 Å². The van der Waals surface area contributed by atoms with Gasteiger partial charge in [-0.05, 0) is 34.9 Å². The molecule has 0 amide bonds. The van der Waals surface area contributed by atoms with Gasteiger partial charge in [0.2, 0.25) is 0 Å². The van der Waals surface area contributed by atoms with Crippen molar-refractivity contribution in [2.24, 2.45) is 5.73 Å².